The maximum atomic E-state index is 4.13. The first kappa shape index (κ1) is 8.63. The molecule has 13 heavy (non-hydrogen) atoms. The van der Waals surface area contributed by atoms with Crippen LogP contribution >= 0.6 is 0 Å². The maximum Gasteiger partial charge on any atom is 0.0637 e. The van der Waals surface area contributed by atoms with Crippen molar-refractivity contribution in [2.24, 2.45) is 5.92 Å². The van der Waals surface area contributed by atoms with E-state index in [0.717, 1.165) is 31.1 Å². The van der Waals surface area contributed by atoms with Crippen molar-refractivity contribution in [1.82, 2.24) is 15.5 Å². The minimum Gasteiger partial charge on any atom is -0.316 e. The second-order valence-corrected chi connectivity index (χ2v) is 3.79. The molecular formula is C10H15N3. The van der Waals surface area contributed by atoms with Gasteiger partial charge in [0.15, 0.2) is 0 Å². The summed E-state index contributed by atoms with van der Waals surface area (Å²) < 4.78 is 0. The van der Waals surface area contributed by atoms with Crippen molar-refractivity contribution in [3.05, 3.63) is 23.5 Å². The first-order valence-electron chi connectivity index (χ1n) is 4.83. The number of nitrogens with zero attached hydrogens (tertiary/aromatic N) is 2. The van der Waals surface area contributed by atoms with Crippen LogP contribution in [-0.4, -0.2) is 23.3 Å². The molecule has 0 aromatic carbocycles. The summed E-state index contributed by atoms with van der Waals surface area (Å²) in [7, 11) is 0. The lowest BCUT2D eigenvalue weighted by Crippen LogP contribution is -2.11. The fourth-order valence-electron chi connectivity index (χ4n) is 1.81. The number of aryl methyl sites for hydroxylation is 1. The van der Waals surface area contributed by atoms with E-state index in [4.69, 9.17) is 0 Å². The maximum absolute atomic E-state index is 4.13. The van der Waals surface area contributed by atoms with E-state index in [9.17, 15) is 0 Å². The lowest BCUT2D eigenvalue weighted by Gasteiger charge is -2.06. The lowest BCUT2D eigenvalue weighted by molar-refractivity contribution is 0.567. The molecule has 0 spiro atoms. The molecule has 1 N–H and O–H groups in total. The quantitative estimate of drug-likeness (QED) is 0.730. The van der Waals surface area contributed by atoms with Crippen LogP contribution in [0.5, 0.6) is 0 Å². The van der Waals surface area contributed by atoms with Gasteiger partial charge in [-0.3, -0.25) is 0 Å². The van der Waals surface area contributed by atoms with Gasteiger partial charge in [0.25, 0.3) is 0 Å². The Labute approximate surface area is 78.6 Å². The van der Waals surface area contributed by atoms with Crippen molar-refractivity contribution in [3.63, 3.8) is 0 Å². The molecule has 1 aliphatic rings. The molecule has 1 aromatic heterocycles. The smallest absolute Gasteiger partial charge is 0.0637 e. The molecule has 0 radical (unpaired) electrons. The molecule has 2 heterocycles. The average molecular weight is 177 g/mol. The topological polar surface area (TPSA) is 37.8 Å². The second-order valence-electron chi connectivity index (χ2n) is 3.79. The van der Waals surface area contributed by atoms with Crippen molar-refractivity contribution < 1.29 is 0 Å². The highest BCUT2D eigenvalue weighted by atomic mass is 15.1. The van der Waals surface area contributed by atoms with Gasteiger partial charge >= 0.3 is 0 Å². The zero-order valence-electron chi connectivity index (χ0n) is 7.95. The van der Waals surface area contributed by atoms with E-state index >= 15 is 0 Å². The Morgan fingerprint density at radius 3 is 3.23 bits per heavy atom. The fourth-order valence-corrected chi connectivity index (χ4v) is 1.81. The average Bonchev–Trinajstić information content (AvgIpc) is 2.57. The van der Waals surface area contributed by atoms with Crippen LogP contribution in [0.4, 0.5) is 0 Å². The highest BCUT2D eigenvalue weighted by Crippen LogP contribution is 2.13. The Balaban J connectivity index is 2.00. The standard InChI is InChI=1S/C10H15N3/c1-8-4-10(13-12-6-8)5-9-2-3-11-7-9/h4,6,9,11H,2-3,5,7H2,1H3. The number of hydrogen-bond acceptors (Lipinski definition) is 3. The summed E-state index contributed by atoms with van der Waals surface area (Å²) in [4.78, 5) is 0. The molecule has 0 bridgehead atoms. The van der Waals surface area contributed by atoms with Crippen LogP contribution in [0.1, 0.15) is 17.7 Å². The van der Waals surface area contributed by atoms with E-state index in [2.05, 4.69) is 28.5 Å². The number of nitrogens with one attached hydrogen (secondary N) is 1. The third-order valence-electron chi connectivity index (χ3n) is 2.50. The molecule has 1 saturated heterocycles. The molecule has 1 aromatic rings. The van der Waals surface area contributed by atoms with Crippen molar-refractivity contribution >= 4 is 0 Å². The summed E-state index contributed by atoms with van der Waals surface area (Å²) in [6.07, 6.45) is 4.15. The number of hydrogen-bond donors (Lipinski definition) is 1. The number of rotatable bonds is 2. The summed E-state index contributed by atoms with van der Waals surface area (Å²) in [6, 6.07) is 2.13. The van der Waals surface area contributed by atoms with E-state index < -0.39 is 0 Å². The van der Waals surface area contributed by atoms with E-state index in [1.54, 1.807) is 6.20 Å². The third kappa shape index (κ3) is 2.25. The van der Waals surface area contributed by atoms with Crippen molar-refractivity contribution in [1.29, 1.82) is 0 Å². The molecule has 1 aliphatic heterocycles. The summed E-state index contributed by atoms with van der Waals surface area (Å²) >= 11 is 0. The minimum atomic E-state index is 0.760. The van der Waals surface area contributed by atoms with E-state index in [1.807, 2.05) is 0 Å². The predicted molar refractivity (Wildman–Crippen MR) is 51.4 cm³/mol. The summed E-state index contributed by atoms with van der Waals surface area (Å²) in [5, 5.41) is 11.4. The van der Waals surface area contributed by atoms with Crippen molar-refractivity contribution in [2.45, 2.75) is 19.8 Å². The van der Waals surface area contributed by atoms with Gasteiger partial charge in [0.05, 0.1) is 11.9 Å². The van der Waals surface area contributed by atoms with Crippen LogP contribution in [0.15, 0.2) is 12.3 Å². The summed E-state index contributed by atoms with van der Waals surface area (Å²) in [5.41, 5.74) is 2.34. The van der Waals surface area contributed by atoms with Gasteiger partial charge in [-0.2, -0.15) is 10.2 Å². The molecule has 0 amide bonds. The largest absolute Gasteiger partial charge is 0.316 e. The zero-order chi connectivity index (χ0) is 9.10. The molecule has 70 valence electrons. The SMILES string of the molecule is Cc1cnnc(CC2CCNC2)c1. The predicted octanol–water partition coefficient (Wildman–Crippen LogP) is 0.937. The van der Waals surface area contributed by atoms with Crippen LogP contribution in [-0.2, 0) is 6.42 Å². The molecule has 2 rings (SSSR count). The van der Waals surface area contributed by atoms with Gasteiger partial charge in [-0.15, -0.1) is 0 Å². The van der Waals surface area contributed by atoms with Gasteiger partial charge in [-0.25, -0.2) is 0 Å². The molecule has 1 fully saturated rings. The Morgan fingerprint density at radius 1 is 1.62 bits per heavy atom. The Hall–Kier alpha value is -0.960. The Kier molecular flexibility index (Phi) is 2.54. The van der Waals surface area contributed by atoms with Gasteiger partial charge in [0, 0.05) is 0 Å². The zero-order valence-corrected chi connectivity index (χ0v) is 7.95. The highest BCUT2D eigenvalue weighted by Gasteiger charge is 2.15. The molecule has 3 heteroatoms. The van der Waals surface area contributed by atoms with Gasteiger partial charge < -0.3 is 5.32 Å². The minimum absolute atomic E-state index is 0.760. The van der Waals surface area contributed by atoms with Crippen molar-refractivity contribution in [3.8, 4) is 0 Å². The molecule has 3 nitrogen and oxygen atoms in total. The molecule has 0 saturated carbocycles. The fraction of sp³-hybridized carbons (Fsp3) is 0.600. The molecule has 1 atom stereocenters. The van der Waals surface area contributed by atoms with Gasteiger partial charge in [-0.1, -0.05) is 0 Å². The van der Waals surface area contributed by atoms with E-state index in [-0.39, 0.29) is 0 Å². The van der Waals surface area contributed by atoms with Gasteiger partial charge in [0.1, 0.15) is 0 Å². The van der Waals surface area contributed by atoms with E-state index in [0.29, 0.717) is 0 Å². The Morgan fingerprint density at radius 2 is 2.54 bits per heavy atom. The first-order valence-corrected chi connectivity index (χ1v) is 4.83. The third-order valence-corrected chi connectivity index (χ3v) is 2.50. The molecular weight excluding hydrogens is 162 g/mol. The van der Waals surface area contributed by atoms with Crippen LogP contribution in [0.25, 0.3) is 0 Å². The Bertz CT molecular complexity index is 279. The molecule has 1 unspecified atom stereocenters. The normalized spacial score (nSPS) is 22.1. The van der Waals surface area contributed by atoms with Crippen molar-refractivity contribution in [2.75, 3.05) is 13.1 Å². The first-order chi connectivity index (χ1) is 6.34. The number of aromatic nitrogens is 2. The van der Waals surface area contributed by atoms with Gasteiger partial charge in [0.2, 0.25) is 0 Å². The van der Waals surface area contributed by atoms with E-state index in [1.165, 1.54) is 12.0 Å². The highest BCUT2D eigenvalue weighted by molar-refractivity contribution is 5.11. The second kappa shape index (κ2) is 3.83. The monoisotopic (exact) mass is 177 g/mol. The van der Waals surface area contributed by atoms with Crippen LogP contribution < -0.4 is 5.32 Å². The lowest BCUT2D eigenvalue weighted by atomic mass is 10.0. The molecule has 0 aliphatic carbocycles. The van der Waals surface area contributed by atoms with Crippen LogP contribution in [0.3, 0.4) is 0 Å². The van der Waals surface area contributed by atoms with Gasteiger partial charge in [-0.05, 0) is 50.4 Å². The summed E-state index contributed by atoms with van der Waals surface area (Å²) in [5.74, 6) is 0.760. The van der Waals surface area contributed by atoms with Crippen LogP contribution in [0, 0.1) is 12.8 Å². The van der Waals surface area contributed by atoms with Crippen LogP contribution in [0.2, 0.25) is 0 Å². The summed E-state index contributed by atoms with van der Waals surface area (Å²) in [6.45, 7) is 4.35.